The summed E-state index contributed by atoms with van der Waals surface area (Å²) in [4.78, 5) is 10.9. The van der Waals surface area contributed by atoms with Crippen molar-refractivity contribution < 1.29 is 9.32 Å². The second kappa shape index (κ2) is 6.90. The minimum atomic E-state index is -0.424. The summed E-state index contributed by atoms with van der Waals surface area (Å²) in [5.74, 6) is 0. The fourth-order valence-corrected chi connectivity index (χ4v) is 2.92. The summed E-state index contributed by atoms with van der Waals surface area (Å²) in [5, 5.41) is 0.335. The van der Waals surface area contributed by atoms with Crippen molar-refractivity contribution in [3.05, 3.63) is 0 Å². The molecule has 0 radical (unpaired) electrons. The van der Waals surface area contributed by atoms with Crippen LogP contribution in [0.1, 0.15) is 47.5 Å². The van der Waals surface area contributed by atoms with Crippen LogP contribution in [0, 0.1) is 5.41 Å². The topological polar surface area (TPSA) is 26.3 Å². The van der Waals surface area contributed by atoms with E-state index >= 15 is 0 Å². The van der Waals surface area contributed by atoms with E-state index in [-0.39, 0.29) is 5.41 Å². The Morgan fingerprint density at radius 3 is 2.29 bits per heavy atom. The zero-order chi connectivity index (χ0) is 13.7. The molecule has 0 aromatic rings. The molecule has 0 rings (SSSR count). The Kier molecular flexibility index (Phi) is 6.95. The van der Waals surface area contributed by atoms with Crippen molar-refractivity contribution in [3.63, 3.8) is 0 Å². The maximum atomic E-state index is 10.9. The quantitative estimate of drug-likeness (QED) is 0.379. The van der Waals surface area contributed by atoms with Crippen molar-refractivity contribution in [3.8, 4) is 0 Å². The van der Waals surface area contributed by atoms with Crippen LogP contribution in [0.4, 0.5) is 0 Å². The van der Waals surface area contributed by atoms with Gasteiger partial charge in [0, 0.05) is 19.2 Å². The van der Waals surface area contributed by atoms with Crippen LogP contribution >= 0.6 is 8.15 Å². The van der Waals surface area contributed by atoms with Gasteiger partial charge in [-0.1, -0.05) is 39.9 Å². The van der Waals surface area contributed by atoms with Gasteiger partial charge in [-0.15, -0.1) is 0 Å². The maximum absolute atomic E-state index is 10.9. The fourth-order valence-electron chi connectivity index (χ4n) is 1.56. The van der Waals surface area contributed by atoms with Crippen molar-refractivity contribution in [1.29, 1.82) is 0 Å². The molecule has 0 aliphatic heterocycles. The Hall–Kier alpha value is 0.125. The lowest BCUT2D eigenvalue weighted by molar-refractivity contribution is -0.114. The third-order valence-electron chi connectivity index (χ3n) is 2.91. The monoisotopic (exact) mass is 258 g/mol. The van der Waals surface area contributed by atoms with E-state index < -0.39 is 8.15 Å². The smallest absolute Gasteiger partial charge is 0.125 e. The lowest BCUT2D eigenvalue weighted by Crippen LogP contribution is -2.19. The van der Waals surface area contributed by atoms with Crippen LogP contribution in [-0.4, -0.2) is 33.1 Å². The van der Waals surface area contributed by atoms with Crippen LogP contribution in [0.15, 0.2) is 0 Å². The molecule has 0 spiro atoms. The molecule has 2 unspecified atom stereocenters. The average Bonchev–Trinajstić information content (AvgIpc) is 2.15. The lowest BCUT2D eigenvalue weighted by atomic mass is 9.70. The van der Waals surface area contributed by atoms with Gasteiger partial charge in [0.25, 0.3) is 0 Å². The number of hydrogen-bond acceptors (Lipinski definition) is 2. The molecular formula is C13H28BO2P. The Bertz CT molecular complexity index is 236. The van der Waals surface area contributed by atoms with Gasteiger partial charge in [-0.3, -0.25) is 0 Å². The van der Waals surface area contributed by atoms with E-state index in [0.29, 0.717) is 11.0 Å². The highest BCUT2D eigenvalue weighted by molar-refractivity contribution is 7.52. The fraction of sp³-hybridized carbons (Fsp3) is 0.923. The zero-order valence-corrected chi connectivity index (χ0v) is 13.4. The second-order valence-corrected chi connectivity index (χ2v) is 9.08. The van der Waals surface area contributed by atoms with Crippen LogP contribution in [-0.2, 0) is 9.32 Å². The normalized spacial score (nSPS) is 16.6. The largest absolute Gasteiger partial charge is 0.359 e. The summed E-state index contributed by atoms with van der Waals surface area (Å²) in [7, 11) is 1.81. The number of aldehydes is 1. The molecule has 2 atom stereocenters. The Balaban J connectivity index is 3.98. The van der Waals surface area contributed by atoms with Gasteiger partial charge in [-0.05, 0) is 19.5 Å². The minimum absolute atomic E-state index is 0.219. The van der Waals surface area contributed by atoms with Gasteiger partial charge in [0.1, 0.15) is 14.1 Å². The number of hydrogen-bond donors (Lipinski definition) is 0. The van der Waals surface area contributed by atoms with E-state index in [4.69, 9.17) is 4.52 Å². The van der Waals surface area contributed by atoms with Crippen molar-refractivity contribution in [1.82, 2.24) is 0 Å². The number of rotatable bonds is 8. The molecule has 0 heterocycles. The summed E-state index contributed by atoms with van der Waals surface area (Å²) in [6.07, 6.45) is 3.06. The van der Waals surface area contributed by atoms with Crippen molar-refractivity contribution in [2.45, 2.75) is 58.4 Å². The van der Waals surface area contributed by atoms with Gasteiger partial charge in [0.2, 0.25) is 0 Å². The molecule has 0 aliphatic rings. The van der Waals surface area contributed by atoms with Gasteiger partial charge < -0.3 is 9.32 Å². The Labute approximate surface area is 109 Å². The molecule has 4 heteroatoms. The van der Waals surface area contributed by atoms with Crippen molar-refractivity contribution in [2.75, 3.05) is 13.3 Å². The first kappa shape index (κ1) is 17.1. The highest BCUT2D eigenvalue weighted by Crippen LogP contribution is 2.43. The predicted molar refractivity (Wildman–Crippen MR) is 79.9 cm³/mol. The molecule has 0 aromatic heterocycles. The van der Waals surface area contributed by atoms with E-state index in [2.05, 4.69) is 35.3 Å². The van der Waals surface area contributed by atoms with Gasteiger partial charge in [0.15, 0.2) is 0 Å². The first-order valence-electron chi connectivity index (χ1n) is 6.39. The SMILES string of the molecule is BC(C)(C)CCOP(C)C(C)CC(C)(C)C=O. The van der Waals surface area contributed by atoms with Crippen molar-refractivity contribution in [2.24, 2.45) is 5.41 Å². The molecule has 2 nitrogen and oxygen atoms in total. The summed E-state index contributed by atoms with van der Waals surface area (Å²) >= 11 is 0. The lowest BCUT2D eigenvalue weighted by Gasteiger charge is -2.27. The predicted octanol–water partition coefficient (Wildman–Crippen LogP) is 3.26. The third kappa shape index (κ3) is 8.80. The van der Waals surface area contributed by atoms with Gasteiger partial charge in [0.05, 0.1) is 6.61 Å². The molecule has 0 aromatic carbocycles. The van der Waals surface area contributed by atoms with Crippen LogP contribution in [0.5, 0.6) is 0 Å². The highest BCUT2D eigenvalue weighted by Gasteiger charge is 2.24. The Morgan fingerprint density at radius 2 is 1.88 bits per heavy atom. The van der Waals surface area contributed by atoms with Crippen LogP contribution in [0.2, 0.25) is 5.31 Å². The van der Waals surface area contributed by atoms with Gasteiger partial charge in [-0.25, -0.2) is 0 Å². The zero-order valence-electron chi connectivity index (χ0n) is 12.5. The number of carbonyl (C=O) groups excluding carboxylic acids is 1. The molecule has 0 bridgehead atoms. The number of carbonyl (C=O) groups is 1. The summed E-state index contributed by atoms with van der Waals surface area (Å²) < 4.78 is 5.92. The molecular weight excluding hydrogens is 230 g/mol. The molecule has 17 heavy (non-hydrogen) atoms. The first-order chi connectivity index (χ1) is 7.57. The molecule has 0 fully saturated rings. The van der Waals surface area contributed by atoms with Crippen molar-refractivity contribution >= 4 is 22.3 Å². The standard InChI is InChI=1S/C13H28BO2P/c1-11(9-12(2,3)10-15)17(6)16-8-7-13(4,5)14/h10-11H,7-9,14H2,1-6H3. The van der Waals surface area contributed by atoms with E-state index in [1.165, 1.54) is 0 Å². The Morgan fingerprint density at radius 1 is 1.35 bits per heavy atom. The molecule has 0 aliphatic carbocycles. The van der Waals surface area contributed by atoms with Crippen LogP contribution < -0.4 is 0 Å². The van der Waals surface area contributed by atoms with Crippen LogP contribution in [0.3, 0.4) is 0 Å². The van der Waals surface area contributed by atoms with E-state index in [1.54, 1.807) is 0 Å². The third-order valence-corrected chi connectivity index (χ3v) is 4.92. The summed E-state index contributed by atoms with van der Waals surface area (Å²) in [6.45, 7) is 13.6. The highest BCUT2D eigenvalue weighted by atomic mass is 31.1. The second-order valence-electron chi connectivity index (χ2n) is 6.85. The van der Waals surface area contributed by atoms with E-state index in [1.807, 2.05) is 13.8 Å². The minimum Gasteiger partial charge on any atom is -0.359 e. The first-order valence-corrected chi connectivity index (χ1v) is 8.17. The molecule has 100 valence electrons. The summed E-state index contributed by atoms with van der Waals surface area (Å²) in [5.41, 5.74) is 0.258. The summed E-state index contributed by atoms with van der Waals surface area (Å²) in [6, 6.07) is 0. The molecule has 0 saturated carbocycles. The van der Waals surface area contributed by atoms with E-state index in [0.717, 1.165) is 25.7 Å². The maximum Gasteiger partial charge on any atom is 0.125 e. The average molecular weight is 258 g/mol. The molecule has 0 saturated heterocycles. The molecule has 0 amide bonds. The van der Waals surface area contributed by atoms with Gasteiger partial charge >= 0.3 is 0 Å². The van der Waals surface area contributed by atoms with Gasteiger partial charge in [-0.2, -0.15) is 0 Å². The van der Waals surface area contributed by atoms with E-state index in [9.17, 15) is 4.79 Å². The van der Waals surface area contributed by atoms with Crippen LogP contribution in [0.25, 0.3) is 0 Å². The molecule has 0 N–H and O–H groups in total.